The Balaban J connectivity index is 1.83. The van der Waals surface area contributed by atoms with Crippen LogP contribution < -0.4 is 10.1 Å². The molecule has 1 fully saturated rings. The standard InChI is InChI=1S/C22H22F2N4O5/c1-25-21(29)12-7-15(23)19(16(24)8-12)20-17(9-14-11-27(22(30)31)5-6-33-14)28-4-3-13(32-2)10-18(28)26-20/h3-4,7-8,10,14H,5-6,9,11H2,1-2H3,(H,25,29)(H,30,31). The van der Waals surface area contributed by atoms with Crippen LogP contribution >= 0.6 is 0 Å². The molecule has 3 aromatic rings. The zero-order valence-electron chi connectivity index (χ0n) is 18.0. The minimum absolute atomic E-state index is 0.0396. The summed E-state index contributed by atoms with van der Waals surface area (Å²) in [5.41, 5.74) is 0.328. The van der Waals surface area contributed by atoms with Crippen molar-refractivity contribution in [2.75, 3.05) is 33.9 Å². The average molecular weight is 460 g/mol. The second kappa shape index (κ2) is 9.02. The van der Waals surface area contributed by atoms with Crippen LogP contribution in [0.25, 0.3) is 16.9 Å². The molecule has 1 saturated heterocycles. The number of nitrogens with zero attached hydrogens (tertiary/aromatic N) is 3. The van der Waals surface area contributed by atoms with Crippen molar-refractivity contribution in [2.45, 2.75) is 12.5 Å². The van der Waals surface area contributed by atoms with E-state index in [2.05, 4.69) is 10.3 Å². The number of nitrogens with one attached hydrogen (secondary N) is 1. The Kier molecular flexibility index (Phi) is 6.14. The lowest BCUT2D eigenvalue weighted by Gasteiger charge is -2.31. The Bertz CT molecular complexity index is 1210. The van der Waals surface area contributed by atoms with Crippen molar-refractivity contribution in [3.8, 4) is 17.0 Å². The van der Waals surface area contributed by atoms with Crippen LogP contribution in [0.2, 0.25) is 0 Å². The normalized spacial score (nSPS) is 16.1. The summed E-state index contributed by atoms with van der Waals surface area (Å²) in [5, 5.41) is 11.6. The number of amides is 2. The van der Waals surface area contributed by atoms with Gasteiger partial charge in [0.15, 0.2) is 0 Å². The highest BCUT2D eigenvalue weighted by Gasteiger charge is 2.29. The minimum atomic E-state index is -1.06. The van der Waals surface area contributed by atoms with Gasteiger partial charge in [-0.15, -0.1) is 0 Å². The van der Waals surface area contributed by atoms with Gasteiger partial charge in [-0.05, 0) is 18.2 Å². The second-order valence-electron chi connectivity index (χ2n) is 7.52. The first kappa shape index (κ1) is 22.5. The van der Waals surface area contributed by atoms with E-state index in [1.165, 1.54) is 19.1 Å². The van der Waals surface area contributed by atoms with Gasteiger partial charge in [0.1, 0.15) is 23.0 Å². The van der Waals surface area contributed by atoms with Crippen LogP contribution in [0.1, 0.15) is 16.1 Å². The third kappa shape index (κ3) is 4.31. The number of pyridine rings is 1. The molecule has 33 heavy (non-hydrogen) atoms. The summed E-state index contributed by atoms with van der Waals surface area (Å²) in [7, 11) is 2.86. The molecule has 2 N–H and O–H groups in total. The zero-order valence-corrected chi connectivity index (χ0v) is 18.0. The zero-order chi connectivity index (χ0) is 23.7. The van der Waals surface area contributed by atoms with Crippen LogP contribution in [-0.2, 0) is 11.2 Å². The Labute approximate surface area is 187 Å². The molecule has 0 bridgehead atoms. The van der Waals surface area contributed by atoms with Gasteiger partial charge in [-0.3, -0.25) is 4.79 Å². The van der Waals surface area contributed by atoms with E-state index in [0.717, 1.165) is 12.1 Å². The number of hydrogen-bond acceptors (Lipinski definition) is 5. The first-order chi connectivity index (χ1) is 15.8. The van der Waals surface area contributed by atoms with Crippen LogP contribution in [0, 0.1) is 11.6 Å². The number of hydrogen-bond donors (Lipinski definition) is 2. The number of fused-ring (bicyclic) bond motifs is 1. The molecule has 1 atom stereocenters. The lowest BCUT2D eigenvalue weighted by Crippen LogP contribution is -2.45. The first-order valence-electron chi connectivity index (χ1n) is 10.2. The lowest BCUT2D eigenvalue weighted by molar-refractivity contribution is -0.0214. The molecule has 11 heteroatoms. The van der Waals surface area contributed by atoms with Crippen molar-refractivity contribution < 1.29 is 33.0 Å². The molecule has 2 amide bonds. The fourth-order valence-electron chi connectivity index (χ4n) is 3.91. The summed E-state index contributed by atoms with van der Waals surface area (Å²) in [5.74, 6) is -2.00. The Hall–Kier alpha value is -3.73. The van der Waals surface area contributed by atoms with Crippen molar-refractivity contribution in [1.29, 1.82) is 0 Å². The van der Waals surface area contributed by atoms with Crippen molar-refractivity contribution in [3.05, 3.63) is 53.4 Å². The number of carbonyl (C=O) groups excluding carboxylic acids is 1. The van der Waals surface area contributed by atoms with Crippen LogP contribution in [0.15, 0.2) is 30.5 Å². The van der Waals surface area contributed by atoms with Crippen molar-refractivity contribution in [1.82, 2.24) is 19.6 Å². The molecule has 1 aliphatic heterocycles. The summed E-state index contributed by atoms with van der Waals surface area (Å²) < 4.78 is 42.8. The minimum Gasteiger partial charge on any atom is -0.497 e. The molecule has 0 aliphatic carbocycles. The number of ether oxygens (including phenoxy) is 2. The van der Waals surface area contributed by atoms with E-state index in [0.29, 0.717) is 17.1 Å². The smallest absolute Gasteiger partial charge is 0.407 e. The number of aromatic nitrogens is 2. The predicted molar refractivity (Wildman–Crippen MR) is 114 cm³/mol. The van der Waals surface area contributed by atoms with Gasteiger partial charge < -0.3 is 29.2 Å². The monoisotopic (exact) mass is 460 g/mol. The number of rotatable bonds is 5. The summed E-state index contributed by atoms with van der Waals surface area (Å²) in [6.07, 6.45) is 0.218. The summed E-state index contributed by atoms with van der Waals surface area (Å²) in [6, 6.07) is 5.20. The van der Waals surface area contributed by atoms with Gasteiger partial charge in [0.2, 0.25) is 0 Å². The van der Waals surface area contributed by atoms with Crippen LogP contribution in [0.3, 0.4) is 0 Å². The number of benzene rings is 1. The van der Waals surface area contributed by atoms with E-state index in [9.17, 15) is 14.7 Å². The molecule has 0 radical (unpaired) electrons. The van der Waals surface area contributed by atoms with Crippen LogP contribution in [0.4, 0.5) is 13.6 Å². The predicted octanol–water partition coefficient (Wildman–Crippen LogP) is 2.57. The van der Waals surface area contributed by atoms with Crippen molar-refractivity contribution in [2.24, 2.45) is 0 Å². The Morgan fingerprint density at radius 2 is 2.03 bits per heavy atom. The number of carbonyl (C=O) groups is 2. The third-order valence-electron chi connectivity index (χ3n) is 5.53. The largest absolute Gasteiger partial charge is 0.497 e. The summed E-state index contributed by atoms with van der Waals surface area (Å²) >= 11 is 0. The van der Waals surface area contributed by atoms with E-state index in [1.807, 2.05) is 0 Å². The summed E-state index contributed by atoms with van der Waals surface area (Å²) in [6.45, 7) is 0.562. The highest BCUT2D eigenvalue weighted by molar-refractivity contribution is 5.94. The number of imidazole rings is 1. The second-order valence-corrected chi connectivity index (χ2v) is 7.52. The SMILES string of the molecule is CNC(=O)c1cc(F)c(-c2nc3cc(OC)ccn3c2CC2CN(C(=O)O)CCO2)c(F)c1. The number of morpholine rings is 1. The van der Waals surface area contributed by atoms with Gasteiger partial charge in [0, 0.05) is 37.8 Å². The molecule has 2 aromatic heterocycles. The number of carboxylic acid groups (broad SMARTS) is 1. The van der Waals surface area contributed by atoms with Gasteiger partial charge in [-0.25, -0.2) is 18.6 Å². The molecule has 174 valence electrons. The van der Waals surface area contributed by atoms with Gasteiger partial charge in [0.25, 0.3) is 5.91 Å². The molecule has 0 spiro atoms. The molecule has 1 aliphatic rings. The maximum absolute atomic E-state index is 15.1. The number of halogens is 2. The number of methoxy groups -OCH3 is 1. The maximum atomic E-state index is 15.1. The summed E-state index contributed by atoms with van der Waals surface area (Å²) in [4.78, 5) is 28.9. The molecule has 1 aromatic carbocycles. The Morgan fingerprint density at radius 3 is 2.67 bits per heavy atom. The molecule has 9 nitrogen and oxygen atoms in total. The third-order valence-corrected chi connectivity index (χ3v) is 5.53. The molecular weight excluding hydrogens is 438 g/mol. The fourth-order valence-corrected chi connectivity index (χ4v) is 3.91. The molecule has 3 heterocycles. The molecule has 1 unspecified atom stereocenters. The quantitative estimate of drug-likeness (QED) is 0.607. The van der Waals surface area contributed by atoms with Crippen LogP contribution in [0.5, 0.6) is 5.75 Å². The van der Waals surface area contributed by atoms with Crippen molar-refractivity contribution >= 4 is 17.6 Å². The highest BCUT2D eigenvalue weighted by atomic mass is 19.1. The molecule has 0 saturated carbocycles. The van der Waals surface area contributed by atoms with E-state index < -0.39 is 29.7 Å². The highest BCUT2D eigenvalue weighted by Crippen LogP contribution is 2.32. The van der Waals surface area contributed by atoms with Gasteiger partial charge in [0.05, 0.1) is 43.3 Å². The fraction of sp³-hybridized carbons (Fsp3) is 0.318. The lowest BCUT2D eigenvalue weighted by atomic mass is 10.0. The first-order valence-corrected chi connectivity index (χ1v) is 10.2. The van der Waals surface area contributed by atoms with Gasteiger partial charge in [-0.1, -0.05) is 0 Å². The maximum Gasteiger partial charge on any atom is 0.407 e. The van der Waals surface area contributed by atoms with E-state index in [-0.39, 0.29) is 42.9 Å². The van der Waals surface area contributed by atoms with E-state index >= 15 is 8.78 Å². The van der Waals surface area contributed by atoms with E-state index in [1.54, 1.807) is 22.7 Å². The van der Waals surface area contributed by atoms with Gasteiger partial charge in [-0.2, -0.15) is 0 Å². The van der Waals surface area contributed by atoms with Crippen molar-refractivity contribution in [3.63, 3.8) is 0 Å². The topological polar surface area (TPSA) is 105 Å². The molecular formula is C22H22F2N4O5. The van der Waals surface area contributed by atoms with Crippen LogP contribution in [-0.4, -0.2) is 71.3 Å². The van der Waals surface area contributed by atoms with E-state index in [4.69, 9.17) is 9.47 Å². The Morgan fingerprint density at radius 1 is 1.30 bits per heavy atom. The average Bonchev–Trinajstić information content (AvgIpc) is 3.14. The van der Waals surface area contributed by atoms with Gasteiger partial charge >= 0.3 is 6.09 Å². The molecule has 4 rings (SSSR count).